The number of carbonyl (C=O) groups excluding carboxylic acids is 1. The molecule has 0 aliphatic heterocycles. The summed E-state index contributed by atoms with van der Waals surface area (Å²) in [5, 5.41) is 0. The lowest BCUT2D eigenvalue weighted by molar-refractivity contribution is -0.141. The molecule has 0 fully saturated rings. The van der Waals surface area contributed by atoms with Crippen molar-refractivity contribution in [1.82, 2.24) is 0 Å². The number of hydrogen-bond donors (Lipinski definition) is 0. The van der Waals surface area contributed by atoms with E-state index in [2.05, 4.69) is 12.7 Å². The van der Waals surface area contributed by atoms with Crippen LogP contribution in [0.25, 0.3) is 0 Å². The molecule has 0 saturated carbocycles. The van der Waals surface area contributed by atoms with Gasteiger partial charge in [-0.1, -0.05) is 24.8 Å². The third-order valence-electron chi connectivity index (χ3n) is 1.59. The Balaban J connectivity index is 3.03. The van der Waals surface area contributed by atoms with E-state index in [9.17, 15) is 4.79 Å². The lowest BCUT2D eigenvalue weighted by Crippen LogP contribution is -1.99. The van der Waals surface area contributed by atoms with Crippen LogP contribution in [0, 0.1) is 0 Å². The van der Waals surface area contributed by atoms with Gasteiger partial charge in [0.05, 0.1) is 6.61 Å². The minimum Gasteiger partial charge on any atom is -0.466 e. The van der Waals surface area contributed by atoms with Gasteiger partial charge in [0.1, 0.15) is 0 Å². The van der Waals surface area contributed by atoms with E-state index < -0.39 is 0 Å². The van der Waals surface area contributed by atoms with Crippen molar-refractivity contribution in [1.29, 1.82) is 0 Å². The van der Waals surface area contributed by atoms with Crippen LogP contribution in [0.4, 0.5) is 0 Å². The topological polar surface area (TPSA) is 26.3 Å². The standard InChI is InChI=1S/C11H18O2/c1-3-4-5-6-7-8-9-10-13-11(2)12/h3-5H,1,6-10H2,2H3/b5-4-. The van der Waals surface area contributed by atoms with E-state index in [1.54, 1.807) is 6.08 Å². The number of hydrogen-bond acceptors (Lipinski definition) is 2. The zero-order valence-electron chi connectivity index (χ0n) is 8.29. The second-order valence-electron chi connectivity index (χ2n) is 2.85. The molecule has 0 aromatic rings. The molecular formula is C11H18O2. The van der Waals surface area contributed by atoms with Gasteiger partial charge in [-0.15, -0.1) is 0 Å². The van der Waals surface area contributed by atoms with E-state index in [0.717, 1.165) is 25.7 Å². The molecule has 0 heterocycles. The fraction of sp³-hybridized carbons (Fsp3) is 0.545. The molecular weight excluding hydrogens is 164 g/mol. The van der Waals surface area contributed by atoms with Crippen LogP contribution in [0.15, 0.2) is 24.8 Å². The molecule has 0 aliphatic rings. The van der Waals surface area contributed by atoms with Crippen molar-refractivity contribution >= 4 is 5.97 Å². The van der Waals surface area contributed by atoms with E-state index in [0.29, 0.717) is 6.61 Å². The Labute approximate surface area is 80.3 Å². The van der Waals surface area contributed by atoms with Gasteiger partial charge in [-0.05, 0) is 25.7 Å². The van der Waals surface area contributed by atoms with Crippen LogP contribution < -0.4 is 0 Å². The van der Waals surface area contributed by atoms with Gasteiger partial charge in [0, 0.05) is 6.92 Å². The van der Waals surface area contributed by atoms with Crippen LogP contribution >= 0.6 is 0 Å². The first-order valence-corrected chi connectivity index (χ1v) is 4.68. The van der Waals surface area contributed by atoms with Crippen LogP contribution in [0.3, 0.4) is 0 Å². The van der Waals surface area contributed by atoms with Crippen LogP contribution in [0.1, 0.15) is 32.6 Å². The monoisotopic (exact) mass is 182 g/mol. The average Bonchev–Trinajstić information content (AvgIpc) is 2.09. The van der Waals surface area contributed by atoms with Crippen molar-refractivity contribution < 1.29 is 9.53 Å². The highest BCUT2D eigenvalue weighted by Gasteiger charge is 1.91. The van der Waals surface area contributed by atoms with Crippen LogP contribution in [-0.2, 0) is 9.53 Å². The number of allylic oxidation sites excluding steroid dienone is 3. The highest BCUT2D eigenvalue weighted by molar-refractivity contribution is 5.65. The van der Waals surface area contributed by atoms with Gasteiger partial charge in [-0.25, -0.2) is 0 Å². The lowest BCUT2D eigenvalue weighted by atomic mass is 10.2. The molecule has 0 spiro atoms. The number of esters is 1. The zero-order valence-corrected chi connectivity index (χ0v) is 8.29. The third-order valence-corrected chi connectivity index (χ3v) is 1.59. The minimum absolute atomic E-state index is 0.188. The average molecular weight is 182 g/mol. The third kappa shape index (κ3) is 10.9. The van der Waals surface area contributed by atoms with E-state index >= 15 is 0 Å². The molecule has 0 rings (SSSR count). The van der Waals surface area contributed by atoms with Gasteiger partial charge < -0.3 is 4.74 Å². The van der Waals surface area contributed by atoms with E-state index in [-0.39, 0.29) is 5.97 Å². The molecule has 0 aromatic carbocycles. The molecule has 0 aliphatic carbocycles. The molecule has 0 unspecified atom stereocenters. The van der Waals surface area contributed by atoms with Crippen LogP contribution in [0.5, 0.6) is 0 Å². The highest BCUT2D eigenvalue weighted by atomic mass is 16.5. The number of carbonyl (C=O) groups is 1. The summed E-state index contributed by atoms with van der Waals surface area (Å²) in [6.07, 6.45) is 10.1. The summed E-state index contributed by atoms with van der Waals surface area (Å²) in [5.41, 5.74) is 0. The van der Waals surface area contributed by atoms with Gasteiger partial charge in [0.25, 0.3) is 0 Å². The Morgan fingerprint density at radius 2 is 2.15 bits per heavy atom. The fourth-order valence-corrected chi connectivity index (χ4v) is 0.949. The first-order chi connectivity index (χ1) is 6.27. The van der Waals surface area contributed by atoms with E-state index in [1.807, 2.05) is 6.08 Å². The molecule has 74 valence electrons. The fourth-order valence-electron chi connectivity index (χ4n) is 0.949. The zero-order chi connectivity index (χ0) is 9.94. The first kappa shape index (κ1) is 11.9. The summed E-state index contributed by atoms with van der Waals surface area (Å²) >= 11 is 0. The summed E-state index contributed by atoms with van der Waals surface area (Å²) in [6.45, 7) is 5.58. The predicted molar refractivity (Wildman–Crippen MR) is 54.4 cm³/mol. The Morgan fingerprint density at radius 3 is 2.77 bits per heavy atom. The largest absolute Gasteiger partial charge is 0.466 e. The van der Waals surface area contributed by atoms with Gasteiger partial charge in [-0.3, -0.25) is 4.79 Å². The molecule has 0 N–H and O–H groups in total. The molecule has 0 atom stereocenters. The maximum atomic E-state index is 10.4. The first-order valence-electron chi connectivity index (χ1n) is 4.68. The molecule has 0 aromatic heterocycles. The summed E-state index contributed by atoms with van der Waals surface area (Å²) in [7, 11) is 0. The Hall–Kier alpha value is -1.05. The number of ether oxygens (including phenoxy) is 1. The summed E-state index contributed by atoms with van der Waals surface area (Å²) in [4.78, 5) is 10.4. The van der Waals surface area contributed by atoms with E-state index in [1.165, 1.54) is 6.92 Å². The van der Waals surface area contributed by atoms with Crippen molar-refractivity contribution in [3.05, 3.63) is 24.8 Å². The van der Waals surface area contributed by atoms with Crippen molar-refractivity contribution in [3.8, 4) is 0 Å². The second kappa shape index (κ2) is 9.04. The van der Waals surface area contributed by atoms with Crippen molar-refractivity contribution in [2.75, 3.05) is 6.61 Å². The minimum atomic E-state index is -0.188. The normalized spacial score (nSPS) is 10.2. The number of rotatable bonds is 7. The Kier molecular flexibility index (Phi) is 8.31. The SMILES string of the molecule is C=C/C=C\CCCCCOC(C)=O. The van der Waals surface area contributed by atoms with E-state index in [4.69, 9.17) is 4.74 Å². The van der Waals surface area contributed by atoms with Gasteiger partial charge in [0.15, 0.2) is 0 Å². The lowest BCUT2D eigenvalue weighted by Gasteiger charge is -1.99. The molecule has 0 radical (unpaired) electrons. The Bertz CT molecular complexity index is 171. The molecule has 2 heteroatoms. The second-order valence-corrected chi connectivity index (χ2v) is 2.85. The molecule has 0 bridgehead atoms. The molecule has 0 amide bonds. The van der Waals surface area contributed by atoms with Gasteiger partial charge in [-0.2, -0.15) is 0 Å². The summed E-state index contributed by atoms with van der Waals surface area (Å²) in [5.74, 6) is -0.188. The van der Waals surface area contributed by atoms with Crippen LogP contribution in [0.2, 0.25) is 0 Å². The van der Waals surface area contributed by atoms with Crippen molar-refractivity contribution in [2.24, 2.45) is 0 Å². The smallest absolute Gasteiger partial charge is 0.302 e. The van der Waals surface area contributed by atoms with Gasteiger partial charge in [0.2, 0.25) is 0 Å². The molecule has 0 saturated heterocycles. The van der Waals surface area contributed by atoms with Crippen molar-refractivity contribution in [3.63, 3.8) is 0 Å². The van der Waals surface area contributed by atoms with Gasteiger partial charge >= 0.3 is 5.97 Å². The summed E-state index contributed by atoms with van der Waals surface area (Å²) in [6, 6.07) is 0. The summed E-state index contributed by atoms with van der Waals surface area (Å²) < 4.78 is 4.80. The maximum Gasteiger partial charge on any atom is 0.302 e. The van der Waals surface area contributed by atoms with Crippen LogP contribution in [-0.4, -0.2) is 12.6 Å². The van der Waals surface area contributed by atoms with Crippen molar-refractivity contribution in [2.45, 2.75) is 32.6 Å². The number of unbranched alkanes of at least 4 members (excludes halogenated alkanes) is 3. The molecule has 13 heavy (non-hydrogen) atoms. The Morgan fingerprint density at radius 1 is 1.38 bits per heavy atom. The quantitative estimate of drug-likeness (QED) is 0.344. The molecule has 2 nitrogen and oxygen atoms in total. The predicted octanol–water partition coefficient (Wildman–Crippen LogP) is 2.85. The maximum absolute atomic E-state index is 10.4. The highest BCUT2D eigenvalue weighted by Crippen LogP contribution is 2.01.